The number of pyridine rings is 2. The molecule has 0 aliphatic carbocycles. The standard InChI is InChI=1S/C28H25FN2O3/c1-2-28(32)8-9-33-17-21-15-31-14-20-10-19-11-26(34-16-18-6-4-3-5-7-18)23(29)13-24(19)30-27(20)25(31)12-22(21)28/h3-7,10-15,32H,2,8-9,16-17H2,1H3. The smallest absolute Gasteiger partial charge is 0.167 e. The number of nitrogens with zero attached hydrogens (tertiary/aromatic N) is 2. The lowest BCUT2D eigenvalue weighted by Crippen LogP contribution is -2.26. The highest BCUT2D eigenvalue weighted by Crippen LogP contribution is 2.37. The molecule has 0 fully saturated rings. The van der Waals surface area contributed by atoms with Gasteiger partial charge in [-0.2, -0.15) is 0 Å². The molecule has 0 amide bonds. The fraction of sp³-hybridized carbons (Fsp3) is 0.250. The Labute approximate surface area is 196 Å². The topological polar surface area (TPSA) is 56.0 Å². The molecule has 0 bridgehead atoms. The second kappa shape index (κ2) is 8.08. The number of hydrogen-bond donors (Lipinski definition) is 1. The van der Waals surface area contributed by atoms with Crippen molar-refractivity contribution in [2.24, 2.45) is 0 Å². The monoisotopic (exact) mass is 456 g/mol. The maximum Gasteiger partial charge on any atom is 0.167 e. The van der Waals surface area contributed by atoms with Gasteiger partial charge in [0.1, 0.15) is 6.61 Å². The van der Waals surface area contributed by atoms with Crippen LogP contribution >= 0.6 is 0 Å². The molecule has 6 rings (SSSR count). The number of hydrogen-bond acceptors (Lipinski definition) is 4. The van der Waals surface area contributed by atoms with Crippen molar-refractivity contribution < 1.29 is 19.0 Å². The minimum Gasteiger partial charge on any atom is -0.486 e. The van der Waals surface area contributed by atoms with E-state index in [2.05, 4.69) is 0 Å². The second-order valence-electron chi connectivity index (χ2n) is 9.00. The third-order valence-corrected chi connectivity index (χ3v) is 6.86. The SMILES string of the molecule is CCC1(O)CCOCc2cn3cc4cc5cc(OCc6ccccc6)c(F)cc5nc4c3cc21. The average Bonchev–Trinajstić information content (AvgIpc) is 3.10. The maximum atomic E-state index is 14.9. The van der Waals surface area contributed by atoms with E-state index in [4.69, 9.17) is 14.5 Å². The first-order valence-corrected chi connectivity index (χ1v) is 11.6. The van der Waals surface area contributed by atoms with Crippen LogP contribution in [0, 0.1) is 5.82 Å². The Bertz CT molecular complexity index is 1530. The van der Waals surface area contributed by atoms with Gasteiger partial charge in [0.15, 0.2) is 11.6 Å². The molecule has 0 radical (unpaired) electrons. The van der Waals surface area contributed by atoms with Crippen molar-refractivity contribution in [1.82, 2.24) is 9.38 Å². The molecule has 5 nitrogen and oxygen atoms in total. The van der Waals surface area contributed by atoms with Crippen LogP contribution in [0.3, 0.4) is 0 Å². The molecule has 1 N–H and O–H groups in total. The average molecular weight is 457 g/mol. The highest BCUT2D eigenvalue weighted by Gasteiger charge is 2.32. The molecule has 6 heteroatoms. The highest BCUT2D eigenvalue weighted by atomic mass is 19.1. The Hall–Kier alpha value is -3.48. The van der Waals surface area contributed by atoms with Gasteiger partial charge in [0.2, 0.25) is 0 Å². The third kappa shape index (κ3) is 3.50. The lowest BCUT2D eigenvalue weighted by Gasteiger charge is -2.27. The Morgan fingerprint density at radius 3 is 2.79 bits per heavy atom. The van der Waals surface area contributed by atoms with Gasteiger partial charge in [-0.1, -0.05) is 37.3 Å². The van der Waals surface area contributed by atoms with Crippen LogP contribution in [0.4, 0.5) is 4.39 Å². The van der Waals surface area contributed by atoms with Crippen molar-refractivity contribution in [3.05, 3.63) is 89.5 Å². The molecule has 4 heterocycles. The highest BCUT2D eigenvalue weighted by molar-refractivity contribution is 6.01. The molecular formula is C28H25FN2O3. The molecule has 5 aromatic rings. The van der Waals surface area contributed by atoms with Gasteiger partial charge in [0.25, 0.3) is 0 Å². The van der Waals surface area contributed by atoms with Gasteiger partial charge >= 0.3 is 0 Å². The van der Waals surface area contributed by atoms with Gasteiger partial charge in [0.05, 0.1) is 35.4 Å². The van der Waals surface area contributed by atoms with Crippen molar-refractivity contribution in [2.45, 2.75) is 38.6 Å². The summed E-state index contributed by atoms with van der Waals surface area (Å²) in [5.74, 6) is -0.233. The molecule has 34 heavy (non-hydrogen) atoms. The summed E-state index contributed by atoms with van der Waals surface area (Å²) in [4.78, 5) is 4.80. The molecule has 0 saturated carbocycles. The van der Waals surface area contributed by atoms with E-state index in [1.165, 1.54) is 6.07 Å². The van der Waals surface area contributed by atoms with Crippen molar-refractivity contribution >= 4 is 27.3 Å². The van der Waals surface area contributed by atoms with Crippen LogP contribution in [0.2, 0.25) is 0 Å². The summed E-state index contributed by atoms with van der Waals surface area (Å²) in [5.41, 5.74) is 4.13. The summed E-state index contributed by atoms with van der Waals surface area (Å²) in [6, 6.07) is 16.9. The molecular weight excluding hydrogens is 431 g/mol. The number of aromatic nitrogens is 2. The second-order valence-corrected chi connectivity index (χ2v) is 9.00. The lowest BCUT2D eigenvalue weighted by atomic mass is 9.86. The van der Waals surface area contributed by atoms with Crippen LogP contribution in [-0.4, -0.2) is 21.1 Å². The Kier molecular flexibility index (Phi) is 5.01. The first-order chi connectivity index (χ1) is 16.5. The van der Waals surface area contributed by atoms with E-state index in [1.54, 1.807) is 6.07 Å². The van der Waals surface area contributed by atoms with Crippen LogP contribution in [0.1, 0.15) is 36.5 Å². The largest absolute Gasteiger partial charge is 0.486 e. The lowest BCUT2D eigenvalue weighted by molar-refractivity contribution is 0.00232. The summed E-state index contributed by atoms with van der Waals surface area (Å²) in [6.45, 7) is 3.26. The van der Waals surface area contributed by atoms with Crippen LogP contribution in [0.5, 0.6) is 5.75 Å². The van der Waals surface area contributed by atoms with Crippen LogP contribution in [0.15, 0.2) is 67.0 Å². The van der Waals surface area contributed by atoms with Gasteiger partial charge in [-0.15, -0.1) is 0 Å². The predicted octanol–water partition coefficient (Wildman–Crippen LogP) is 5.88. The zero-order valence-corrected chi connectivity index (χ0v) is 18.9. The summed E-state index contributed by atoms with van der Waals surface area (Å²) in [6.07, 6.45) is 5.18. The fourth-order valence-electron chi connectivity index (χ4n) is 4.87. The summed E-state index contributed by atoms with van der Waals surface area (Å²) in [5, 5.41) is 13.0. The number of aliphatic hydroxyl groups is 1. The molecule has 0 saturated heterocycles. The minimum atomic E-state index is -0.932. The van der Waals surface area contributed by atoms with E-state index in [1.807, 2.05) is 66.2 Å². The minimum absolute atomic E-state index is 0.207. The summed E-state index contributed by atoms with van der Waals surface area (Å²) in [7, 11) is 0. The molecule has 1 aliphatic rings. The van der Waals surface area contributed by atoms with Crippen LogP contribution < -0.4 is 4.74 Å². The van der Waals surface area contributed by atoms with Gasteiger partial charge in [-0.05, 0) is 35.7 Å². The van der Waals surface area contributed by atoms with Crippen molar-refractivity contribution in [1.29, 1.82) is 0 Å². The molecule has 2 aromatic carbocycles. The van der Waals surface area contributed by atoms with Crippen molar-refractivity contribution in [3.8, 4) is 5.75 Å². The number of rotatable bonds is 4. The fourth-order valence-corrected chi connectivity index (χ4v) is 4.87. The van der Waals surface area contributed by atoms with E-state index in [0.717, 1.165) is 38.5 Å². The van der Waals surface area contributed by atoms with Crippen LogP contribution in [0.25, 0.3) is 27.3 Å². The number of ether oxygens (including phenoxy) is 2. The molecule has 1 unspecified atom stereocenters. The number of halogens is 1. The first-order valence-electron chi connectivity index (χ1n) is 11.6. The van der Waals surface area contributed by atoms with Crippen LogP contribution in [-0.2, 0) is 23.6 Å². The van der Waals surface area contributed by atoms with E-state index < -0.39 is 11.4 Å². The van der Waals surface area contributed by atoms with Gasteiger partial charge in [0, 0.05) is 41.2 Å². The zero-order valence-electron chi connectivity index (χ0n) is 18.9. The molecule has 3 aromatic heterocycles. The van der Waals surface area contributed by atoms with E-state index in [-0.39, 0.29) is 5.75 Å². The number of benzene rings is 2. The summed E-state index contributed by atoms with van der Waals surface area (Å²) < 4.78 is 28.4. The Balaban J connectivity index is 1.45. The molecule has 1 aliphatic heterocycles. The maximum absolute atomic E-state index is 14.9. The quantitative estimate of drug-likeness (QED) is 0.367. The van der Waals surface area contributed by atoms with Gasteiger partial charge in [-0.25, -0.2) is 9.37 Å². The van der Waals surface area contributed by atoms with Crippen molar-refractivity contribution in [3.63, 3.8) is 0 Å². The van der Waals surface area contributed by atoms with E-state index in [0.29, 0.717) is 38.2 Å². The summed E-state index contributed by atoms with van der Waals surface area (Å²) >= 11 is 0. The van der Waals surface area contributed by atoms with Crippen molar-refractivity contribution in [2.75, 3.05) is 6.61 Å². The molecule has 172 valence electrons. The Morgan fingerprint density at radius 1 is 1.12 bits per heavy atom. The van der Waals surface area contributed by atoms with E-state index in [9.17, 15) is 9.50 Å². The first kappa shape index (κ1) is 21.1. The predicted molar refractivity (Wildman–Crippen MR) is 129 cm³/mol. The normalized spacial score (nSPS) is 18.3. The van der Waals surface area contributed by atoms with Gasteiger partial charge in [-0.3, -0.25) is 0 Å². The van der Waals surface area contributed by atoms with Gasteiger partial charge < -0.3 is 19.0 Å². The Morgan fingerprint density at radius 2 is 1.97 bits per heavy atom. The zero-order chi connectivity index (χ0) is 23.3. The molecule has 0 spiro atoms. The molecule has 1 atom stereocenters. The number of fused-ring (bicyclic) bond motifs is 5. The van der Waals surface area contributed by atoms with E-state index >= 15 is 0 Å². The third-order valence-electron chi connectivity index (χ3n) is 6.86.